The zero-order valence-electron chi connectivity index (χ0n) is 8.75. The van der Waals surface area contributed by atoms with E-state index in [4.69, 9.17) is 5.73 Å². The van der Waals surface area contributed by atoms with Gasteiger partial charge in [-0.2, -0.15) is 10.1 Å². The van der Waals surface area contributed by atoms with Gasteiger partial charge in [-0.15, -0.1) is 0 Å². The quantitative estimate of drug-likeness (QED) is 0.800. The molecular formula is C10H13N5. The fraction of sp³-hybridized carbons (Fsp3) is 0.300. The molecular weight excluding hydrogens is 190 g/mol. The van der Waals surface area contributed by atoms with Crippen LogP contribution in [0.1, 0.15) is 25.5 Å². The van der Waals surface area contributed by atoms with E-state index in [0.717, 1.165) is 5.69 Å². The molecule has 2 aromatic heterocycles. The first-order valence-electron chi connectivity index (χ1n) is 4.81. The first-order valence-corrected chi connectivity index (χ1v) is 4.81. The molecule has 2 heterocycles. The molecule has 0 atom stereocenters. The molecule has 0 aromatic carbocycles. The van der Waals surface area contributed by atoms with E-state index in [9.17, 15) is 0 Å². The highest BCUT2D eigenvalue weighted by Gasteiger charge is 2.05. The molecule has 0 fully saturated rings. The zero-order chi connectivity index (χ0) is 10.8. The maximum Gasteiger partial charge on any atom is 0.221 e. The largest absolute Gasteiger partial charge is 0.368 e. The second-order valence-electron chi connectivity index (χ2n) is 3.61. The lowest BCUT2D eigenvalue weighted by Gasteiger charge is -2.01. The summed E-state index contributed by atoms with van der Waals surface area (Å²) in [6, 6.07) is 3.75. The average Bonchev–Trinajstić information content (AvgIpc) is 2.66. The van der Waals surface area contributed by atoms with Gasteiger partial charge in [0.2, 0.25) is 5.95 Å². The normalized spacial score (nSPS) is 10.9. The highest BCUT2D eigenvalue weighted by Crippen LogP contribution is 2.12. The molecule has 0 bridgehead atoms. The van der Waals surface area contributed by atoms with E-state index in [1.54, 1.807) is 16.9 Å². The van der Waals surface area contributed by atoms with Crippen molar-refractivity contribution in [2.45, 2.75) is 19.8 Å². The lowest BCUT2D eigenvalue weighted by molar-refractivity contribution is 0.757. The highest BCUT2D eigenvalue weighted by atomic mass is 15.3. The van der Waals surface area contributed by atoms with E-state index in [0.29, 0.717) is 11.7 Å². The van der Waals surface area contributed by atoms with Crippen LogP contribution in [0, 0.1) is 0 Å². The van der Waals surface area contributed by atoms with Crippen molar-refractivity contribution in [3.05, 3.63) is 30.2 Å². The van der Waals surface area contributed by atoms with Crippen LogP contribution in [0.25, 0.3) is 5.82 Å². The lowest BCUT2D eigenvalue weighted by atomic mass is 10.1. The van der Waals surface area contributed by atoms with Crippen molar-refractivity contribution in [3.8, 4) is 5.82 Å². The monoisotopic (exact) mass is 203 g/mol. The third kappa shape index (κ3) is 1.96. The summed E-state index contributed by atoms with van der Waals surface area (Å²) in [6.45, 7) is 4.20. The summed E-state index contributed by atoms with van der Waals surface area (Å²) in [5.74, 6) is 1.36. The number of nitrogen functional groups attached to an aromatic ring is 1. The van der Waals surface area contributed by atoms with Gasteiger partial charge in [0.25, 0.3) is 0 Å². The molecule has 15 heavy (non-hydrogen) atoms. The molecule has 2 rings (SSSR count). The predicted molar refractivity (Wildman–Crippen MR) is 57.7 cm³/mol. The van der Waals surface area contributed by atoms with Gasteiger partial charge in [-0.05, 0) is 12.0 Å². The van der Waals surface area contributed by atoms with E-state index >= 15 is 0 Å². The van der Waals surface area contributed by atoms with Crippen LogP contribution in [0.15, 0.2) is 24.5 Å². The molecule has 0 amide bonds. The Morgan fingerprint density at radius 1 is 1.33 bits per heavy atom. The van der Waals surface area contributed by atoms with Crippen molar-refractivity contribution in [3.63, 3.8) is 0 Å². The van der Waals surface area contributed by atoms with E-state index in [-0.39, 0.29) is 5.95 Å². The lowest BCUT2D eigenvalue weighted by Crippen LogP contribution is -2.03. The molecule has 5 heteroatoms. The first kappa shape index (κ1) is 9.64. The Labute approximate surface area is 88.0 Å². The molecule has 0 aliphatic rings. The number of hydrogen-bond donors (Lipinski definition) is 1. The molecule has 0 saturated carbocycles. The van der Waals surface area contributed by atoms with Crippen molar-refractivity contribution >= 4 is 5.95 Å². The minimum atomic E-state index is 0.258. The van der Waals surface area contributed by atoms with Gasteiger partial charge in [0.05, 0.1) is 5.69 Å². The fourth-order valence-electron chi connectivity index (χ4n) is 1.26. The van der Waals surface area contributed by atoms with Crippen molar-refractivity contribution in [1.29, 1.82) is 0 Å². The van der Waals surface area contributed by atoms with Crippen LogP contribution in [0.3, 0.4) is 0 Å². The minimum absolute atomic E-state index is 0.258. The van der Waals surface area contributed by atoms with Gasteiger partial charge in [-0.25, -0.2) is 9.67 Å². The summed E-state index contributed by atoms with van der Waals surface area (Å²) < 4.78 is 1.70. The highest BCUT2D eigenvalue weighted by molar-refractivity contribution is 5.27. The van der Waals surface area contributed by atoms with Crippen molar-refractivity contribution in [1.82, 2.24) is 19.7 Å². The first-order chi connectivity index (χ1) is 7.16. The number of aromatic nitrogens is 4. The fourth-order valence-corrected chi connectivity index (χ4v) is 1.26. The van der Waals surface area contributed by atoms with Crippen LogP contribution in [-0.4, -0.2) is 19.7 Å². The Morgan fingerprint density at radius 2 is 2.13 bits per heavy atom. The third-order valence-corrected chi connectivity index (χ3v) is 2.10. The number of nitrogens with two attached hydrogens (primary N) is 1. The summed E-state index contributed by atoms with van der Waals surface area (Å²) in [5.41, 5.74) is 6.53. The smallest absolute Gasteiger partial charge is 0.221 e. The van der Waals surface area contributed by atoms with Crippen LogP contribution in [0.5, 0.6) is 0 Å². The van der Waals surface area contributed by atoms with Crippen molar-refractivity contribution in [2.75, 3.05) is 5.73 Å². The van der Waals surface area contributed by atoms with Crippen molar-refractivity contribution in [2.24, 2.45) is 0 Å². The third-order valence-electron chi connectivity index (χ3n) is 2.10. The maximum atomic E-state index is 5.50. The Bertz CT molecular complexity index is 460. The van der Waals surface area contributed by atoms with E-state index in [1.807, 2.05) is 12.3 Å². The molecule has 0 aliphatic heterocycles. The SMILES string of the molecule is CC(C)c1ccn(-c2ccnc(N)n2)n1. The second-order valence-corrected chi connectivity index (χ2v) is 3.61. The van der Waals surface area contributed by atoms with E-state index in [2.05, 4.69) is 28.9 Å². The standard InChI is InChI=1S/C10H13N5/c1-7(2)8-4-6-15(14-8)9-3-5-12-10(11)13-9/h3-7H,1-2H3,(H2,11,12,13). The van der Waals surface area contributed by atoms with E-state index < -0.39 is 0 Å². The molecule has 0 radical (unpaired) electrons. The molecule has 0 spiro atoms. The Hall–Kier alpha value is -1.91. The predicted octanol–water partition coefficient (Wildman–Crippen LogP) is 1.37. The Balaban J connectivity index is 2.37. The molecule has 0 saturated heterocycles. The summed E-state index contributed by atoms with van der Waals surface area (Å²) >= 11 is 0. The molecule has 0 aliphatic carbocycles. The van der Waals surface area contributed by atoms with Gasteiger partial charge in [0.15, 0.2) is 5.82 Å². The summed E-state index contributed by atoms with van der Waals surface area (Å²) in [4.78, 5) is 7.92. The summed E-state index contributed by atoms with van der Waals surface area (Å²) in [5, 5.41) is 4.39. The van der Waals surface area contributed by atoms with Gasteiger partial charge < -0.3 is 5.73 Å². The van der Waals surface area contributed by atoms with E-state index in [1.165, 1.54) is 0 Å². The second kappa shape index (κ2) is 3.68. The number of nitrogens with zero attached hydrogens (tertiary/aromatic N) is 4. The Morgan fingerprint density at radius 3 is 2.73 bits per heavy atom. The molecule has 0 unspecified atom stereocenters. The van der Waals surface area contributed by atoms with Crippen LogP contribution >= 0.6 is 0 Å². The van der Waals surface area contributed by atoms with Gasteiger partial charge in [0.1, 0.15) is 0 Å². The van der Waals surface area contributed by atoms with Crippen LogP contribution < -0.4 is 5.73 Å². The number of anilines is 1. The average molecular weight is 203 g/mol. The van der Waals surface area contributed by atoms with Crippen LogP contribution in [-0.2, 0) is 0 Å². The van der Waals surface area contributed by atoms with Gasteiger partial charge in [-0.1, -0.05) is 13.8 Å². The molecule has 2 N–H and O–H groups in total. The topological polar surface area (TPSA) is 69.6 Å². The van der Waals surface area contributed by atoms with Gasteiger partial charge in [0, 0.05) is 18.5 Å². The van der Waals surface area contributed by atoms with Crippen LogP contribution in [0.4, 0.5) is 5.95 Å². The van der Waals surface area contributed by atoms with Gasteiger partial charge in [-0.3, -0.25) is 0 Å². The summed E-state index contributed by atoms with van der Waals surface area (Å²) in [6.07, 6.45) is 3.49. The van der Waals surface area contributed by atoms with Gasteiger partial charge >= 0.3 is 0 Å². The minimum Gasteiger partial charge on any atom is -0.368 e. The molecule has 5 nitrogen and oxygen atoms in total. The van der Waals surface area contributed by atoms with Crippen LogP contribution in [0.2, 0.25) is 0 Å². The zero-order valence-corrected chi connectivity index (χ0v) is 8.75. The number of rotatable bonds is 2. The molecule has 2 aromatic rings. The number of hydrogen-bond acceptors (Lipinski definition) is 4. The Kier molecular flexibility index (Phi) is 2.37. The van der Waals surface area contributed by atoms with Crippen molar-refractivity contribution < 1.29 is 0 Å². The summed E-state index contributed by atoms with van der Waals surface area (Å²) in [7, 11) is 0. The molecule has 78 valence electrons. The maximum absolute atomic E-state index is 5.50.